The summed E-state index contributed by atoms with van der Waals surface area (Å²) in [5, 5.41) is 62.5. The lowest BCUT2D eigenvalue weighted by molar-refractivity contribution is -0.138. The number of hydrogen-bond acceptors (Lipinski definition) is 21. The van der Waals surface area contributed by atoms with Gasteiger partial charge in [-0.2, -0.15) is 11.8 Å². The zero-order chi connectivity index (χ0) is 51.8. The predicted octanol–water partition coefficient (Wildman–Crippen LogP) is -2.37. The number of hydrogen-bond donors (Lipinski definition) is 14. The summed E-state index contributed by atoms with van der Waals surface area (Å²) in [6.07, 6.45) is 0.273. The smallest absolute Gasteiger partial charge is 0.321 e. The first-order valence-electron chi connectivity index (χ1n) is 21.7. The van der Waals surface area contributed by atoms with Crippen molar-refractivity contribution in [1.29, 1.82) is 0 Å². The van der Waals surface area contributed by atoms with Crippen LogP contribution in [0.15, 0.2) is 23.3 Å². The number of nitrogen functional groups attached to an aromatic ring is 1. The number of nitrogens with two attached hydrogens (primary N) is 3. The Labute approximate surface area is 413 Å². The number of nitrogens with zero attached hydrogens (tertiary/aromatic N) is 5. The van der Waals surface area contributed by atoms with E-state index in [2.05, 4.69) is 61.8 Å². The molecular formula is C41H59N15O11S3. The van der Waals surface area contributed by atoms with Crippen LogP contribution >= 0.6 is 34.4 Å². The number of carbonyl (C=O) groups excluding carboxylic acids is 6. The van der Waals surface area contributed by atoms with E-state index in [0.29, 0.717) is 34.4 Å². The zero-order valence-corrected chi connectivity index (χ0v) is 41.2. The molecule has 4 aromatic rings. The van der Waals surface area contributed by atoms with Crippen LogP contribution in [-0.4, -0.2) is 160 Å². The molecule has 0 fully saturated rings. The molecule has 0 saturated carbocycles. The Morgan fingerprint density at radius 3 is 2.24 bits per heavy atom. The molecule has 0 unspecified atom stereocenters. The van der Waals surface area contributed by atoms with E-state index >= 15 is 0 Å². The van der Waals surface area contributed by atoms with Crippen LogP contribution in [0.1, 0.15) is 88.8 Å². The Morgan fingerprint density at radius 2 is 1.60 bits per heavy atom. The number of rotatable bonds is 28. The summed E-state index contributed by atoms with van der Waals surface area (Å²) in [5.41, 5.74) is 17.6. The molecule has 0 aliphatic carbocycles. The molecule has 6 amide bonds. The van der Waals surface area contributed by atoms with Crippen LogP contribution in [0.5, 0.6) is 0 Å². The maximum Gasteiger partial charge on any atom is 0.321 e. The van der Waals surface area contributed by atoms with Crippen LogP contribution < -0.4 is 49.1 Å². The normalized spacial score (nSPS) is 15.2. The van der Waals surface area contributed by atoms with Crippen molar-refractivity contribution in [2.45, 2.75) is 95.5 Å². The standard InChI is InChI=1S/C41H59N15O11S3/c1-17-28(53-34(56-33(17)44)22(11-26(43)58)48-12-21(42)41(66)67)38(64)55-30(32(60)23-13-45-16-49-23)39(65)50-19(3)31(59)18(2)35(61)54-29(20(4)57)37(63)47-9-7-27-51-25(15-69-27)40-52-24(14-70-40)36(62)46-8-6-10-68-5/h13-16,18-22,29-32,48,57,59-60H,6-12,42H2,1-5H3,(H2,43,58)(H,45,49)(H,46,62)(H,47,63)(H,50,65)(H,54,61)(H,55,64)(H,66,67)(H2,44,53,56)/t18-,19+,20+,21-,22-,29-,30-,31-,32-/m0/s1. The molecule has 70 heavy (non-hydrogen) atoms. The molecule has 17 N–H and O–H groups in total. The van der Waals surface area contributed by atoms with Gasteiger partial charge >= 0.3 is 5.97 Å². The molecule has 382 valence electrons. The Kier molecular flexibility index (Phi) is 21.5. The van der Waals surface area contributed by atoms with Crippen LogP contribution in [0.3, 0.4) is 0 Å². The maximum atomic E-state index is 13.9. The minimum atomic E-state index is -1.82. The minimum Gasteiger partial charge on any atom is -0.480 e. The van der Waals surface area contributed by atoms with Gasteiger partial charge in [0.15, 0.2) is 0 Å². The van der Waals surface area contributed by atoms with Crippen molar-refractivity contribution in [1.82, 2.24) is 61.8 Å². The van der Waals surface area contributed by atoms with Gasteiger partial charge in [-0.15, -0.1) is 22.7 Å². The van der Waals surface area contributed by atoms with Crippen LogP contribution in [-0.2, 0) is 30.4 Å². The van der Waals surface area contributed by atoms with Crippen molar-refractivity contribution < 1.29 is 54.0 Å². The predicted molar refractivity (Wildman–Crippen MR) is 258 cm³/mol. The number of primary amides is 1. The second kappa shape index (κ2) is 26.7. The third-order valence-electron chi connectivity index (χ3n) is 10.6. The number of aliphatic hydroxyl groups excluding tert-OH is 3. The van der Waals surface area contributed by atoms with Gasteiger partial charge in [0.05, 0.1) is 53.4 Å². The Bertz CT molecular complexity index is 2440. The Morgan fingerprint density at radius 1 is 0.871 bits per heavy atom. The molecule has 9 atom stereocenters. The van der Waals surface area contributed by atoms with E-state index in [-0.39, 0.29) is 41.9 Å². The van der Waals surface area contributed by atoms with Crippen molar-refractivity contribution >= 4 is 81.7 Å². The molecule has 26 nitrogen and oxygen atoms in total. The number of aliphatic hydroxyl groups is 3. The highest BCUT2D eigenvalue weighted by Crippen LogP contribution is 2.26. The van der Waals surface area contributed by atoms with E-state index < -0.39 is 102 Å². The number of anilines is 1. The second-order valence-electron chi connectivity index (χ2n) is 16.0. The summed E-state index contributed by atoms with van der Waals surface area (Å²) in [7, 11) is 0. The van der Waals surface area contributed by atoms with Gasteiger partial charge < -0.3 is 74.5 Å². The number of aromatic nitrogens is 6. The fourth-order valence-corrected chi connectivity index (χ4v) is 8.51. The van der Waals surface area contributed by atoms with Crippen LogP contribution in [0.25, 0.3) is 10.7 Å². The van der Waals surface area contributed by atoms with E-state index in [4.69, 9.17) is 17.2 Å². The Balaban J connectivity index is 1.39. The van der Waals surface area contributed by atoms with Gasteiger partial charge in [-0.1, -0.05) is 6.92 Å². The van der Waals surface area contributed by atoms with E-state index in [1.54, 1.807) is 22.5 Å². The highest BCUT2D eigenvalue weighted by Gasteiger charge is 2.37. The molecule has 0 aromatic carbocycles. The highest BCUT2D eigenvalue weighted by atomic mass is 32.2. The van der Waals surface area contributed by atoms with Gasteiger partial charge in [-0.25, -0.2) is 24.9 Å². The van der Waals surface area contributed by atoms with Crippen LogP contribution in [0.2, 0.25) is 0 Å². The molecule has 0 aliphatic rings. The largest absolute Gasteiger partial charge is 0.480 e. The number of imidazole rings is 1. The van der Waals surface area contributed by atoms with Crippen molar-refractivity contribution in [2.75, 3.05) is 37.4 Å². The van der Waals surface area contributed by atoms with Crippen molar-refractivity contribution in [3.63, 3.8) is 0 Å². The summed E-state index contributed by atoms with van der Waals surface area (Å²) in [5.74, 6) is -7.00. The molecule has 4 rings (SSSR count). The quantitative estimate of drug-likeness (QED) is 0.0264. The molecule has 4 aromatic heterocycles. The van der Waals surface area contributed by atoms with Crippen molar-refractivity contribution in [3.05, 3.63) is 56.8 Å². The summed E-state index contributed by atoms with van der Waals surface area (Å²) in [6, 6.07) is -7.07. The molecule has 0 aliphatic heterocycles. The van der Waals surface area contributed by atoms with E-state index in [0.717, 1.165) is 12.2 Å². The first-order chi connectivity index (χ1) is 33.1. The summed E-state index contributed by atoms with van der Waals surface area (Å²) in [4.78, 5) is 114. The highest BCUT2D eigenvalue weighted by molar-refractivity contribution is 7.98. The number of aromatic amines is 1. The lowest BCUT2D eigenvalue weighted by Gasteiger charge is -2.30. The number of carboxylic acids is 1. The van der Waals surface area contributed by atoms with Crippen LogP contribution in [0, 0.1) is 12.8 Å². The van der Waals surface area contributed by atoms with E-state index in [1.807, 2.05) is 6.26 Å². The van der Waals surface area contributed by atoms with Gasteiger partial charge in [0, 0.05) is 48.8 Å². The zero-order valence-electron chi connectivity index (χ0n) is 38.8. The molecule has 0 bridgehead atoms. The average Bonchev–Trinajstić information content (AvgIpc) is 4.13. The van der Waals surface area contributed by atoms with E-state index in [9.17, 15) is 54.0 Å². The SMILES string of the molecule is CSCCCNC(=O)c1csc(-c2csc(CCNC(=O)[C@@H](NC(=O)[C@@H](C)[C@H](O)[C@@H](C)NC(=O)[C@@H](NC(=O)c3nc([C@H](CC(N)=O)NC[C@H](N)C(=O)O)nc(N)c3C)[C@@H](O)c3cnc[nH]3)[C@@H](C)O)n2)n1. The third-order valence-corrected chi connectivity index (χ3v) is 13.1. The molecule has 0 spiro atoms. The second-order valence-corrected chi connectivity index (χ2v) is 18.8. The number of carboxylic acid groups (broad SMARTS) is 1. The monoisotopic (exact) mass is 1030 g/mol. The number of thiazole rings is 2. The minimum absolute atomic E-state index is 0.00981. The van der Waals surface area contributed by atoms with Gasteiger partial charge in [-0.3, -0.25) is 33.6 Å². The Hall–Kier alpha value is -6.21. The summed E-state index contributed by atoms with van der Waals surface area (Å²) >= 11 is 4.30. The van der Waals surface area contributed by atoms with Gasteiger partial charge in [0.2, 0.25) is 23.6 Å². The number of aliphatic carboxylic acids is 1. The topological polar surface area (TPSA) is 431 Å². The first kappa shape index (κ1) is 56.4. The summed E-state index contributed by atoms with van der Waals surface area (Å²) < 4.78 is 0. The van der Waals surface area contributed by atoms with Gasteiger partial charge in [0.25, 0.3) is 11.8 Å². The summed E-state index contributed by atoms with van der Waals surface area (Å²) in [6.45, 7) is 5.61. The molecular weight excluding hydrogens is 975 g/mol. The number of carbonyl (C=O) groups is 7. The van der Waals surface area contributed by atoms with Crippen molar-refractivity contribution in [2.24, 2.45) is 17.4 Å². The fourth-order valence-electron chi connectivity index (χ4n) is 6.46. The fraction of sp³-hybridized carbons (Fsp3) is 0.512. The first-order valence-corrected chi connectivity index (χ1v) is 24.8. The lowest BCUT2D eigenvalue weighted by Crippen LogP contribution is -2.57. The maximum absolute atomic E-state index is 13.9. The number of H-pyrrole nitrogens is 1. The third kappa shape index (κ3) is 15.9. The van der Waals surface area contributed by atoms with Gasteiger partial charge in [0.1, 0.15) is 58.0 Å². The van der Waals surface area contributed by atoms with E-state index in [1.165, 1.54) is 62.9 Å². The van der Waals surface area contributed by atoms with Gasteiger partial charge in [-0.05, 0) is 39.2 Å². The number of amides is 6. The van der Waals surface area contributed by atoms with Crippen LogP contribution in [0.4, 0.5) is 5.82 Å². The molecule has 0 radical (unpaired) electrons. The molecule has 29 heteroatoms. The molecule has 4 heterocycles. The average molecular weight is 1030 g/mol. The lowest BCUT2D eigenvalue weighted by atomic mass is 9.96. The number of thioether (sulfide) groups is 1. The molecule has 0 saturated heterocycles. The van der Waals surface area contributed by atoms with Crippen molar-refractivity contribution in [3.8, 4) is 10.7 Å². The number of nitrogens with one attached hydrogen (secondary N) is 7.